The van der Waals surface area contributed by atoms with Crippen molar-refractivity contribution in [3.05, 3.63) is 35.4 Å². The average Bonchev–Trinajstić information content (AvgIpc) is 2.27. The van der Waals surface area contributed by atoms with E-state index >= 15 is 0 Å². The van der Waals surface area contributed by atoms with Gasteiger partial charge in [-0.05, 0) is 43.0 Å². The second-order valence-electron chi connectivity index (χ2n) is 4.63. The third kappa shape index (κ3) is 4.25. The molecule has 3 nitrogen and oxygen atoms in total. The zero-order valence-electron chi connectivity index (χ0n) is 11.6. The van der Waals surface area contributed by atoms with Crippen molar-refractivity contribution < 1.29 is 13.2 Å². The molecule has 0 bridgehead atoms. The summed E-state index contributed by atoms with van der Waals surface area (Å²) in [7, 11) is 1.71. The number of hydrogen-bond donors (Lipinski definition) is 0. The number of halogens is 1. The quantitative estimate of drug-likeness (QED) is 0.610. The Balaban J connectivity index is 3.29. The predicted molar refractivity (Wildman–Crippen MR) is 78.6 cm³/mol. The molecular weight excluding hydrogens is 284 g/mol. The molecule has 0 aliphatic heterocycles. The van der Waals surface area contributed by atoms with Crippen LogP contribution in [0, 0.1) is 6.92 Å². The number of rotatable bonds is 5. The number of allylic oxidation sites excluding steroid dienone is 1. The Kier molecular flexibility index (Phi) is 5.44. The molecule has 0 saturated heterocycles. The highest BCUT2D eigenvalue weighted by Crippen LogP contribution is 2.33. The van der Waals surface area contributed by atoms with Crippen LogP contribution in [0.1, 0.15) is 37.8 Å². The summed E-state index contributed by atoms with van der Waals surface area (Å²) in [4.78, 5) is 0.149. The van der Waals surface area contributed by atoms with Crippen LogP contribution in [-0.4, -0.2) is 15.0 Å². The van der Waals surface area contributed by atoms with Gasteiger partial charge in [0, 0.05) is 10.7 Å². The largest absolute Gasteiger partial charge is 0.489 e. The van der Waals surface area contributed by atoms with Gasteiger partial charge >= 0.3 is 0 Å². The fraction of sp³-hybridized carbons (Fsp3) is 0.429. The van der Waals surface area contributed by atoms with Gasteiger partial charge in [-0.2, -0.15) is 0 Å². The molecule has 0 atom stereocenters. The second kappa shape index (κ2) is 6.44. The van der Waals surface area contributed by atoms with E-state index in [4.69, 9.17) is 15.4 Å². The first-order valence-electron chi connectivity index (χ1n) is 6.10. The Morgan fingerprint density at radius 2 is 2.00 bits per heavy atom. The lowest BCUT2D eigenvalue weighted by Crippen LogP contribution is -2.03. The molecule has 0 spiro atoms. The van der Waals surface area contributed by atoms with Crippen LogP contribution in [0.25, 0.3) is 0 Å². The lowest BCUT2D eigenvalue weighted by atomic mass is 10.0. The van der Waals surface area contributed by atoms with Crippen LogP contribution in [0.5, 0.6) is 5.75 Å². The summed E-state index contributed by atoms with van der Waals surface area (Å²) in [6, 6.07) is 3.33. The van der Waals surface area contributed by atoms with Gasteiger partial charge in [0.2, 0.25) is 0 Å². The Morgan fingerprint density at radius 3 is 2.47 bits per heavy atom. The second-order valence-corrected chi connectivity index (χ2v) is 7.16. The van der Waals surface area contributed by atoms with Crippen LogP contribution in [0.4, 0.5) is 0 Å². The summed E-state index contributed by atoms with van der Waals surface area (Å²) < 4.78 is 28.7. The van der Waals surface area contributed by atoms with Crippen LogP contribution >= 0.6 is 10.7 Å². The van der Waals surface area contributed by atoms with Gasteiger partial charge in [-0.15, -0.1) is 0 Å². The van der Waals surface area contributed by atoms with Gasteiger partial charge in [0.15, 0.2) is 0 Å². The van der Waals surface area contributed by atoms with Gasteiger partial charge < -0.3 is 4.74 Å². The minimum atomic E-state index is -3.73. The van der Waals surface area contributed by atoms with E-state index < -0.39 is 9.05 Å². The highest BCUT2D eigenvalue weighted by molar-refractivity contribution is 8.13. The van der Waals surface area contributed by atoms with Gasteiger partial charge in [-0.3, -0.25) is 0 Å². The van der Waals surface area contributed by atoms with Crippen molar-refractivity contribution in [2.75, 3.05) is 6.61 Å². The van der Waals surface area contributed by atoms with Gasteiger partial charge in [0.1, 0.15) is 12.4 Å². The molecule has 5 heteroatoms. The predicted octanol–water partition coefficient (Wildman–Crippen LogP) is 4.00. The molecule has 1 aromatic rings. The van der Waals surface area contributed by atoms with E-state index in [-0.39, 0.29) is 10.8 Å². The molecule has 0 heterocycles. The molecule has 0 amide bonds. The van der Waals surface area contributed by atoms with Crippen LogP contribution in [0.3, 0.4) is 0 Å². The first-order chi connectivity index (χ1) is 8.77. The number of benzene rings is 1. The fourth-order valence-corrected chi connectivity index (χ4v) is 2.96. The van der Waals surface area contributed by atoms with Crippen molar-refractivity contribution in [2.24, 2.45) is 0 Å². The summed E-state index contributed by atoms with van der Waals surface area (Å²) in [5.74, 6) is 0.855. The molecule has 0 unspecified atom stereocenters. The van der Waals surface area contributed by atoms with Crippen molar-refractivity contribution in [1.82, 2.24) is 0 Å². The molecule has 19 heavy (non-hydrogen) atoms. The van der Waals surface area contributed by atoms with Gasteiger partial charge in [0.05, 0.1) is 4.90 Å². The van der Waals surface area contributed by atoms with E-state index in [1.54, 1.807) is 19.1 Å². The molecule has 0 aliphatic carbocycles. The maximum atomic E-state index is 11.5. The van der Waals surface area contributed by atoms with E-state index in [9.17, 15) is 8.42 Å². The summed E-state index contributed by atoms with van der Waals surface area (Å²) in [6.07, 6.45) is 3.80. The Labute approximate surface area is 119 Å². The van der Waals surface area contributed by atoms with Crippen molar-refractivity contribution >= 4 is 19.7 Å². The zero-order chi connectivity index (χ0) is 14.6. The molecule has 0 saturated carbocycles. The SMILES string of the molecule is C/C=C/COc1cc(C)c(S(=O)(=O)Cl)cc1C(C)C. The minimum Gasteiger partial charge on any atom is -0.489 e. The Bertz CT molecular complexity index is 575. The monoisotopic (exact) mass is 302 g/mol. The summed E-state index contributed by atoms with van der Waals surface area (Å²) >= 11 is 0. The maximum absolute atomic E-state index is 11.5. The maximum Gasteiger partial charge on any atom is 0.261 e. The number of ether oxygens (including phenoxy) is 1. The van der Waals surface area contributed by atoms with Gasteiger partial charge in [0.25, 0.3) is 9.05 Å². The highest BCUT2D eigenvalue weighted by atomic mass is 35.7. The Hall–Kier alpha value is -1.00. The van der Waals surface area contributed by atoms with E-state index in [1.807, 2.05) is 32.9 Å². The molecule has 1 rings (SSSR count). The first kappa shape index (κ1) is 16.1. The summed E-state index contributed by atoms with van der Waals surface area (Å²) in [6.45, 7) is 8.06. The molecule has 0 aliphatic rings. The normalized spacial score (nSPS) is 12.3. The Morgan fingerprint density at radius 1 is 1.37 bits per heavy atom. The van der Waals surface area contributed by atoms with E-state index in [0.717, 1.165) is 5.56 Å². The van der Waals surface area contributed by atoms with Gasteiger partial charge in [-0.25, -0.2) is 8.42 Å². The topological polar surface area (TPSA) is 43.4 Å². The standard InChI is InChI=1S/C14H19ClO3S/c1-5-6-7-18-13-8-11(4)14(19(15,16)17)9-12(13)10(2)3/h5-6,8-10H,7H2,1-4H3/b6-5+. The third-order valence-electron chi connectivity index (χ3n) is 2.76. The fourth-order valence-electron chi connectivity index (χ4n) is 1.75. The smallest absolute Gasteiger partial charge is 0.261 e. The molecule has 0 N–H and O–H groups in total. The molecule has 106 valence electrons. The number of hydrogen-bond acceptors (Lipinski definition) is 3. The van der Waals surface area contributed by atoms with Crippen LogP contribution < -0.4 is 4.74 Å². The van der Waals surface area contributed by atoms with E-state index in [0.29, 0.717) is 17.9 Å². The van der Waals surface area contributed by atoms with Crippen molar-refractivity contribution in [3.63, 3.8) is 0 Å². The average molecular weight is 303 g/mol. The van der Waals surface area contributed by atoms with E-state index in [2.05, 4.69) is 0 Å². The number of aryl methyl sites for hydroxylation is 1. The molecular formula is C14H19ClO3S. The first-order valence-corrected chi connectivity index (χ1v) is 8.41. The lowest BCUT2D eigenvalue weighted by molar-refractivity contribution is 0.356. The highest BCUT2D eigenvalue weighted by Gasteiger charge is 2.18. The van der Waals surface area contributed by atoms with Crippen LogP contribution in [-0.2, 0) is 9.05 Å². The zero-order valence-corrected chi connectivity index (χ0v) is 13.2. The minimum absolute atomic E-state index is 0.149. The van der Waals surface area contributed by atoms with Crippen molar-refractivity contribution in [2.45, 2.75) is 38.5 Å². The van der Waals surface area contributed by atoms with Gasteiger partial charge in [-0.1, -0.05) is 26.0 Å². The molecule has 1 aromatic carbocycles. The molecule has 0 radical (unpaired) electrons. The van der Waals surface area contributed by atoms with Crippen molar-refractivity contribution in [3.8, 4) is 5.75 Å². The molecule has 0 fully saturated rings. The molecule has 0 aromatic heterocycles. The van der Waals surface area contributed by atoms with Crippen LogP contribution in [0.15, 0.2) is 29.2 Å². The van der Waals surface area contributed by atoms with E-state index in [1.165, 1.54) is 0 Å². The third-order valence-corrected chi connectivity index (χ3v) is 4.23. The van der Waals surface area contributed by atoms with Crippen molar-refractivity contribution in [1.29, 1.82) is 0 Å². The summed E-state index contributed by atoms with van der Waals surface area (Å²) in [5.41, 5.74) is 1.43. The summed E-state index contributed by atoms with van der Waals surface area (Å²) in [5, 5.41) is 0. The van der Waals surface area contributed by atoms with Crippen LogP contribution in [0.2, 0.25) is 0 Å². The lowest BCUT2D eigenvalue weighted by Gasteiger charge is -2.16.